The minimum absolute atomic E-state index is 0.107. The van der Waals surface area contributed by atoms with Crippen LogP contribution >= 0.6 is 0 Å². The predicted octanol–water partition coefficient (Wildman–Crippen LogP) is 3.56. The van der Waals surface area contributed by atoms with Crippen molar-refractivity contribution in [3.63, 3.8) is 0 Å². The summed E-state index contributed by atoms with van der Waals surface area (Å²) in [5.41, 5.74) is 2.45. The van der Waals surface area contributed by atoms with Crippen LogP contribution in [0.15, 0.2) is 54.6 Å². The molecule has 0 fully saturated rings. The van der Waals surface area contributed by atoms with E-state index in [4.69, 9.17) is 4.74 Å². The zero-order chi connectivity index (χ0) is 17.0. The van der Waals surface area contributed by atoms with Crippen LogP contribution in [-0.4, -0.2) is 26.2 Å². The maximum Gasteiger partial charge on any atom is 0.314 e. The molecule has 0 atom stereocenters. The van der Waals surface area contributed by atoms with Crippen LogP contribution in [0.2, 0.25) is 0 Å². The number of methoxy groups -OCH3 is 1. The topological polar surface area (TPSA) is 50.4 Å². The first-order valence-electron chi connectivity index (χ1n) is 8.47. The van der Waals surface area contributed by atoms with Gasteiger partial charge in [0.05, 0.1) is 7.11 Å². The molecule has 128 valence electrons. The van der Waals surface area contributed by atoms with Crippen molar-refractivity contribution in [2.45, 2.75) is 25.7 Å². The number of nitrogens with one attached hydrogen (secondary N) is 2. The number of amides is 2. The normalized spacial score (nSPS) is 10.2. The number of carbonyl (C=O) groups is 1. The number of aryl methyl sites for hydroxylation is 1. The summed E-state index contributed by atoms with van der Waals surface area (Å²) in [6.45, 7) is 1.30. The van der Waals surface area contributed by atoms with Crippen LogP contribution < -0.4 is 15.4 Å². The second kappa shape index (κ2) is 10.3. The van der Waals surface area contributed by atoms with Gasteiger partial charge >= 0.3 is 6.03 Å². The molecule has 24 heavy (non-hydrogen) atoms. The van der Waals surface area contributed by atoms with Crippen LogP contribution in [-0.2, 0) is 12.8 Å². The van der Waals surface area contributed by atoms with Crippen LogP contribution in [0.1, 0.15) is 24.0 Å². The van der Waals surface area contributed by atoms with Crippen LogP contribution in [0.25, 0.3) is 0 Å². The van der Waals surface area contributed by atoms with Crippen LogP contribution in [0.3, 0.4) is 0 Å². The molecule has 0 saturated carbocycles. The summed E-state index contributed by atoms with van der Waals surface area (Å²) in [6.07, 6.45) is 3.86. The van der Waals surface area contributed by atoms with Gasteiger partial charge in [-0.3, -0.25) is 0 Å². The summed E-state index contributed by atoms with van der Waals surface area (Å²) in [4.78, 5) is 11.8. The minimum Gasteiger partial charge on any atom is -0.496 e. The van der Waals surface area contributed by atoms with Crippen molar-refractivity contribution in [1.82, 2.24) is 10.6 Å². The van der Waals surface area contributed by atoms with Gasteiger partial charge in [0.1, 0.15) is 5.75 Å². The van der Waals surface area contributed by atoms with Crippen LogP contribution in [0, 0.1) is 0 Å². The molecule has 4 heteroatoms. The Morgan fingerprint density at radius 1 is 0.875 bits per heavy atom. The molecular weight excluding hydrogens is 300 g/mol. The monoisotopic (exact) mass is 326 g/mol. The first-order chi connectivity index (χ1) is 11.8. The first kappa shape index (κ1) is 17.9. The summed E-state index contributed by atoms with van der Waals surface area (Å²) in [5, 5.41) is 5.79. The fraction of sp³-hybridized carbons (Fsp3) is 0.350. The number of unbranched alkanes of at least 4 members (excludes halogenated alkanes) is 1. The molecule has 0 unspecified atom stereocenters. The van der Waals surface area contributed by atoms with Crippen molar-refractivity contribution in [2.24, 2.45) is 0 Å². The van der Waals surface area contributed by atoms with E-state index in [9.17, 15) is 4.79 Å². The molecule has 0 radical (unpaired) electrons. The van der Waals surface area contributed by atoms with Gasteiger partial charge in [0.15, 0.2) is 0 Å². The molecule has 0 aliphatic rings. The smallest absolute Gasteiger partial charge is 0.314 e. The molecule has 2 aromatic rings. The summed E-state index contributed by atoms with van der Waals surface area (Å²) in [5.74, 6) is 0.862. The van der Waals surface area contributed by atoms with Gasteiger partial charge in [-0.05, 0) is 42.9 Å². The molecule has 2 rings (SSSR count). The van der Waals surface area contributed by atoms with E-state index in [1.54, 1.807) is 7.11 Å². The molecule has 0 heterocycles. The number of urea groups is 1. The van der Waals surface area contributed by atoms with Crippen LogP contribution in [0.5, 0.6) is 5.75 Å². The van der Waals surface area contributed by atoms with Gasteiger partial charge < -0.3 is 15.4 Å². The third-order valence-corrected chi connectivity index (χ3v) is 3.89. The van der Waals surface area contributed by atoms with Crippen molar-refractivity contribution in [1.29, 1.82) is 0 Å². The Morgan fingerprint density at radius 3 is 2.38 bits per heavy atom. The van der Waals surface area contributed by atoms with Gasteiger partial charge in [-0.2, -0.15) is 0 Å². The van der Waals surface area contributed by atoms with Gasteiger partial charge in [0.2, 0.25) is 0 Å². The van der Waals surface area contributed by atoms with E-state index < -0.39 is 0 Å². The molecule has 0 bridgehead atoms. The molecule has 0 aromatic heterocycles. The van der Waals surface area contributed by atoms with Crippen molar-refractivity contribution in [3.8, 4) is 5.75 Å². The van der Waals surface area contributed by atoms with E-state index >= 15 is 0 Å². The number of carbonyl (C=O) groups excluding carboxylic acids is 1. The average Bonchev–Trinajstić information content (AvgIpc) is 2.63. The van der Waals surface area contributed by atoms with E-state index in [-0.39, 0.29) is 6.03 Å². The Kier molecular flexibility index (Phi) is 7.68. The Bertz CT molecular complexity index is 614. The molecule has 4 nitrogen and oxygen atoms in total. The molecule has 2 N–H and O–H groups in total. The van der Waals surface area contributed by atoms with E-state index in [0.29, 0.717) is 13.1 Å². The lowest BCUT2D eigenvalue weighted by Crippen LogP contribution is -2.37. The second-order valence-corrected chi connectivity index (χ2v) is 5.69. The minimum atomic E-state index is -0.107. The van der Waals surface area contributed by atoms with Crippen molar-refractivity contribution >= 4 is 6.03 Å². The molecule has 0 spiro atoms. The molecule has 0 aliphatic heterocycles. The maximum atomic E-state index is 11.8. The Morgan fingerprint density at radius 2 is 1.58 bits per heavy atom. The zero-order valence-electron chi connectivity index (χ0n) is 14.3. The van der Waals surface area contributed by atoms with Gasteiger partial charge in [-0.15, -0.1) is 0 Å². The highest BCUT2D eigenvalue weighted by Crippen LogP contribution is 2.17. The average molecular weight is 326 g/mol. The Balaban J connectivity index is 1.55. The van der Waals surface area contributed by atoms with Crippen molar-refractivity contribution < 1.29 is 9.53 Å². The summed E-state index contributed by atoms with van der Waals surface area (Å²) in [7, 11) is 1.66. The highest BCUT2D eigenvalue weighted by Gasteiger charge is 2.03. The quantitative estimate of drug-likeness (QED) is 0.692. The molecule has 0 aliphatic carbocycles. The number of hydrogen-bond donors (Lipinski definition) is 2. The Labute approximate surface area is 144 Å². The largest absolute Gasteiger partial charge is 0.496 e. The number of para-hydroxylation sites is 1. The molecule has 2 aromatic carbocycles. The third-order valence-electron chi connectivity index (χ3n) is 3.89. The second-order valence-electron chi connectivity index (χ2n) is 5.69. The standard InChI is InChI=1S/C20H26N2O2/c1-24-19-13-6-5-12-18(19)14-16-22-20(23)21-15-8-7-11-17-9-3-2-4-10-17/h2-6,9-10,12-13H,7-8,11,14-16H2,1H3,(H2,21,22,23). The van der Waals surface area contributed by atoms with E-state index in [0.717, 1.165) is 37.0 Å². The number of rotatable bonds is 9. The third kappa shape index (κ3) is 6.32. The molecule has 2 amide bonds. The summed E-state index contributed by atoms with van der Waals surface area (Å²) < 4.78 is 5.30. The number of benzene rings is 2. The predicted molar refractivity (Wildman–Crippen MR) is 97.5 cm³/mol. The summed E-state index contributed by atoms with van der Waals surface area (Å²) >= 11 is 0. The number of ether oxygens (including phenoxy) is 1. The Hall–Kier alpha value is -2.49. The fourth-order valence-electron chi connectivity index (χ4n) is 2.58. The lowest BCUT2D eigenvalue weighted by Gasteiger charge is -2.10. The van der Waals surface area contributed by atoms with Gasteiger partial charge in [0.25, 0.3) is 0 Å². The highest BCUT2D eigenvalue weighted by atomic mass is 16.5. The van der Waals surface area contributed by atoms with Crippen LogP contribution in [0.4, 0.5) is 4.79 Å². The van der Waals surface area contributed by atoms with Gasteiger partial charge in [-0.1, -0.05) is 48.5 Å². The van der Waals surface area contributed by atoms with Crippen molar-refractivity contribution in [2.75, 3.05) is 20.2 Å². The lowest BCUT2D eigenvalue weighted by atomic mass is 10.1. The SMILES string of the molecule is COc1ccccc1CCNC(=O)NCCCCc1ccccc1. The van der Waals surface area contributed by atoms with Gasteiger partial charge in [0, 0.05) is 13.1 Å². The highest BCUT2D eigenvalue weighted by molar-refractivity contribution is 5.73. The lowest BCUT2D eigenvalue weighted by molar-refractivity contribution is 0.241. The van der Waals surface area contributed by atoms with E-state index in [1.807, 2.05) is 30.3 Å². The first-order valence-corrected chi connectivity index (χ1v) is 8.47. The van der Waals surface area contributed by atoms with Gasteiger partial charge in [-0.25, -0.2) is 4.79 Å². The van der Waals surface area contributed by atoms with Crippen molar-refractivity contribution in [3.05, 3.63) is 65.7 Å². The fourth-order valence-corrected chi connectivity index (χ4v) is 2.58. The number of hydrogen-bond acceptors (Lipinski definition) is 2. The zero-order valence-corrected chi connectivity index (χ0v) is 14.3. The van der Waals surface area contributed by atoms with E-state index in [2.05, 4.69) is 34.9 Å². The molecule has 0 saturated heterocycles. The summed E-state index contributed by atoms with van der Waals surface area (Å²) in [6, 6.07) is 18.2. The maximum absolute atomic E-state index is 11.8. The molecular formula is C20H26N2O2. The van der Waals surface area contributed by atoms with E-state index in [1.165, 1.54) is 5.56 Å².